The maximum absolute atomic E-state index is 12.3. The molecule has 2 aromatic rings. The van der Waals surface area contributed by atoms with Crippen molar-refractivity contribution in [1.29, 1.82) is 0 Å². The molecule has 3 rings (SSSR count). The fraction of sp³-hybridized carbons (Fsp3) is 0.444. The van der Waals surface area contributed by atoms with E-state index in [-0.39, 0.29) is 5.91 Å². The summed E-state index contributed by atoms with van der Waals surface area (Å²) in [5.41, 5.74) is 1.89. The van der Waals surface area contributed by atoms with Gasteiger partial charge in [0.05, 0.1) is 12.7 Å². The predicted octanol–water partition coefficient (Wildman–Crippen LogP) is 1.69. The Bertz CT molecular complexity index is 729. The molecular formula is C18H24N4O3. The van der Waals surface area contributed by atoms with Crippen LogP contribution in [0.25, 0.3) is 0 Å². The predicted molar refractivity (Wildman–Crippen MR) is 95.1 cm³/mol. The lowest BCUT2D eigenvalue weighted by atomic mass is 10.2. The lowest BCUT2D eigenvalue weighted by Gasteiger charge is -2.21. The lowest BCUT2D eigenvalue weighted by molar-refractivity contribution is -0.117. The molecule has 0 atom stereocenters. The van der Waals surface area contributed by atoms with Crippen molar-refractivity contribution in [3.05, 3.63) is 36.2 Å². The van der Waals surface area contributed by atoms with Gasteiger partial charge in [0.1, 0.15) is 13.2 Å². The standard InChI is InChI=1S/C18H24N4O3/c1-3-22(7-6-14-11-19-21(2)12-14)13-18(23)20-15-4-5-16-17(10-15)25-9-8-24-16/h4-5,10-12H,3,6-9,13H2,1-2H3,(H,20,23). The van der Waals surface area contributed by atoms with Crippen molar-refractivity contribution in [3.8, 4) is 11.5 Å². The molecular weight excluding hydrogens is 320 g/mol. The van der Waals surface area contributed by atoms with Gasteiger partial charge in [-0.25, -0.2) is 0 Å². The van der Waals surface area contributed by atoms with Crippen LogP contribution in [0, 0.1) is 0 Å². The summed E-state index contributed by atoms with van der Waals surface area (Å²) in [6, 6.07) is 5.46. The molecule has 7 nitrogen and oxygen atoms in total. The van der Waals surface area contributed by atoms with Gasteiger partial charge < -0.3 is 14.8 Å². The first-order valence-electron chi connectivity index (χ1n) is 8.53. The van der Waals surface area contributed by atoms with E-state index in [0.29, 0.717) is 25.5 Å². The Morgan fingerprint density at radius 3 is 2.84 bits per heavy atom. The number of carbonyl (C=O) groups is 1. The number of hydrogen-bond donors (Lipinski definition) is 1. The SMILES string of the molecule is CCN(CCc1cnn(C)c1)CC(=O)Nc1ccc2c(c1)OCCO2. The molecule has 0 aliphatic carbocycles. The van der Waals surface area contributed by atoms with Crippen molar-refractivity contribution in [3.63, 3.8) is 0 Å². The van der Waals surface area contributed by atoms with Crippen LogP contribution < -0.4 is 14.8 Å². The molecule has 0 fully saturated rings. The molecule has 0 saturated carbocycles. The van der Waals surface area contributed by atoms with Gasteiger partial charge in [-0.3, -0.25) is 14.4 Å². The molecule has 25 heavy (non-hydrogen) atoms. The molecule has 1 N–H and O–H groups in total. The second-order valence-electron chi connectivity index (χ2n) is 6.05. The molecule has 0 bridgehead atoms. The van der Waals surface area contributed by atoms with Crippen molar-refractivity contribution < 1.29 is 14.3 Å². The van der Waals surface area contributed by atoms with Crippen LogP contribution in [-0.2, 0) is 18.3 Å². The second kappa shape index (κ2) is 8.02. The fourth-order valence-corrected chi connectivity index (χ4v) is 2.76. The highest BCUT2D eigenvalue weighted by atomic mass is 16.6. The van der Waals surface area contributed by atoms with Crippen LogP contribution >= 0.6 is 0 Å². The maximum atomic E-state index is 12.3. The van der Waals surface area contributed by atoms with E-state index in [0.717, 1.165) is 30.9 Å². The van der Waals surface area contributed by atoms with Crippen LogP contribution in [0.3, 0.4) is 0 Å². The van der Waals surface area contributed by atoms with Crippen LogP contribution in [0.15, 0.2) is 30.6 Å². The van der Waals surface area contributed by atoms with Crippen LogP contribution in [0.1, 0.15) is 12.5 Å². The van der Waals surface area contributed by atoms with Gasteiger partial charge in [-0.2, -0.15) is 5.10 Å². The minimum absolute atomic E-state index is 0.0373. The summed E-state index contributed by atoms with van der Waals surface area (Å²) < 4.78 is 12.8. The number of benzene rings is 1. The van der Waals surface area contributed by atoms with Gasteiger partial charge in [0.25, 0.3) is 0 Å². The number of ether oxygens (including phenoxy) is 2. The smallest absolute Gasteiger partial charge is 0.238 e. The highest BCUT2D eigenvalue weighted by Gasteiger charge is 2.14. The second-order valence-corrected chi connectivity index (χ2v) is 6.05. The Balaban J connectivity index is 1.51. The highest BCUT2D eigenvalue weighted by Crippen LogP contribution is 2.32. The van der Waals surface area contributed by atoms with Crippen LogP contribution in [-0.4, -0.2) is 53.4 Å². The number of aryl methyl sites for hydroxylation is 1. The molecule has 1 aromatic heterocycles. The zero-order valence-electron chi connectivity index (χ0n) is 14.7. The van der Waals surface area contributed by atoms with E-state index < -0.39 is 0 Å². The number of nitrogens with zero attached hydrogens (tertiary/aromatic N) is 3. The lowest BCUT2D eigenvalue weighted by Crippen LogP contribution is -2.34. The molecule has 134 valence electrons. The number of rotatable bonds is 7. The first-order valence-corrected chi connectivity index (χ1v) is 8.53. The number of nitrogens with one attached hydrogen (secondary N) is 1. The maximum Gasteiger partial charge on any atom is 0.238 e. The number of carbonyl (C=O) groups excluding carboxylic acids is 1. The molecule has 1 aromatic carbocycles. The summed E-state index contributed by atoms with van der Waals surface area (Å²) >= 11 is 0. The van der Waals surface area contributed by atoms with Crippen molar-refractivity contribution >= 4 is 11.6 Å². The van der Waals surface area contributed by atoms with Crippen LogP contribution in [0.4, 0.5) is 5.69 Å². The average molecular weight is 344 g/mol. The Kier molecular flexibility index (Phi) is 5.55. The first-order chi connectivity index (χ1) is 12.1. The summed E-state index contributed by atoms with van der Waals surface area (Å²) in [6.45, 7) is 5.13. The van der Waals surface area contributed by atoms with E-state index in [2.05, 4.69) is 22.2 Å². The molecule has 1 aliphatic heterocycles. The molecule has 7 heteroatoms. The van der Waals surface area contributed by atoms with Crippen LogP contribution in [0.5, 0.6) is 11.5 Å². The molecule has 0 spiro atoms. The van der Waals surface area contributed by atoms with Gasteiger partial charge in [-0.05, 0) is 30.7 Å². The van der Waals surface area contributed by atoms with E-state index in [1.165, 1.54) is 5.56 Å². The van der Waals surface area contributed by atoms with E-state index in [4.69, 9.17) is 9.47 Å². The summed E-state index contributed by atoms with van der Waals surface area (Å²) in [7, 11) is 1.90. The third-order valence-electron chi connectivity index (χ3n) is 4.12. The number of aromatic nitrogens is 2. The van der Waals surface area contributed by atoms with E-state index in [1.807, 2.05) is 31.6 Å². The normalized spacial score (nSPS) is 13.1. The number of anilines is 1. The highest BCUT2D eigenvalue weighted by molar-refractivity contribution is 5.92. The summed E-state index contributed by atoms with van der Waals surface area (Å²) in [6.07, 6.45) is 4.74. The summed E-state index contributed by atoms with van der Waals surface area (Å²) in [4.78, 5) is 14.4. The van der Waals surface area contributed by atoms with Crippen LogP contribution in [0.2, 0.25) is 0 Å². The average Bonchev–Trinajstić information content (AvgIpc) is 3.03. The minimum atomic E-state index is -0.0373. The Morgan fingerprint density at radius 2 is 2.12 bits per heavy atom. The van der Waals surface area contributed by atoms with Crippen molar-refractivity contribution in [2.45, 2.75) is 13.3 Å². The zero-order valence-corrected chi connectivity index (χ0v) is 14.7. The number of fused-ring (bicyclic) bond motifs is 1. The largest absolute Gasteiger partial charge is 0.486 e. The van der Waals surface area contributed by atoms with Crippen molar-refractivity contribution in [2.24, 2.45) is 7.05 Å². The first kappa shape index (κ1) is 17.3. The minimum Gasteiger partial charge on any atom is -0.486 e. The molecule has 1 amide bonds. The van der Waals surface area contributed by atoms with Gasteiger partial charge in [-0.1, -0.05) is 6.92 Å². The molecule has 0 unspecified atom stereocenters. The Hall–Kier alpha value is -2.54. The summed E-state index contributed by atoms with van der Waals surface area (Å²) in [5.74, 6) is 1.36. The molecule has 1 aliphatic rings. The zero-order chi connectivity index (χ0) is 17.6. The fourth-order valence-electron chi connectivity index (χ4n) is 2.76. The number of likely N-dealkylation sites (N-methyl/N-ethyl adjacent to an activating group) is 1. The number of amides is 1. The van der Waals surface area contributed by atoms with Gasteiger partial charge >= 0.3 is 0 Å². The monoisotopic (exact) mass is 344 g/mol. The summed E-state index contributed by atoms with van der Waals surface area (Å²) in [5, 5.41) is 7.10. The number of hydrogen-bond acceptors (Lipinski definition) is 5. The third kappa shape index (κ3) is 4.73. The molecule has 0 radical (unpaired) electrons. The van der Waals surface area contributed by atoms with Crippen molar-refractivity contribution in [2.75, 3.05) is 38.2 Å². The Morgan fingerprint density at radius 1 is 1.32 bits per heavy atom. The van der Waals surface area contributed by atoms with Crippen molar-refractivity contribution in [1.82, 2.24) is 14.7 Å². The molecule has 0 saturated heterocycles. The van der Waals surface area contributed by atoms with E-state index >= 15 is 0 Å². The van der Waals surface area contributed by atoms with Gasteiger partial charge in [0, 0.05) is 31.5 Å². The quantitative estimate of drug-likeness (QED) is 0.828. The molecule has 2 heterocycles. The van der Waals surface area contributed by atoms with Gasteiger partial charge in [0.15, 0.2) is 11.5 Å². The van der Waals surface area contributed by atoms with E-state index in [1.54, 1.807) is 10.7 Å². The van der Waals surface area contributed by atoms with E-state index in [9.17, 15) is 4.79 Å². The topological polar surface area (TPSA) is 68.6 Å². The van der Waals surface area contributed by atoms with Gasteiger partial charge in [0.2, 0.25) is 5.91 Å². The van der Waals surface area contributed by atoms with Gasteiger partial charge in [-0.15, -0.1) is 0 Å². The third-order valence-corrected chi connectivity index (χ3v) is 4.12. The Labute approximate surface area is 147 Å².